The van der Waals surface area contributed by atoms with Crippen molar-refractivity contribution in [1.82, 2.24) is 9.55 Å². The van der Waals surface area contributed by atoms with Gasteiger partial charge in [-0.25, -0.2) is 19.5 Å². The molecule has 36 heavy (non-hydrogen) atoms. The van der Waals surface area contributed by atoms with Crippen LogP contribution in [-0.4, -0.2) is 45.0 Å². The van der Waals surface area contributed by atoms with Crippen LogP contribution in [0.15, 0.2) is 41.2 Å². The Morgan fingerprint density at radius 1 is 1.14 bits per heavy atom. The smallest absolute Gasteiger partial charge is 0.389 e. The van der Waals surface area contributed by atoms with Crippen molar-refractivity contribution < 1.29 is 23.7 Å². The standard InChI is InChI=1S/C24H24F2N6O4/c1-31-22(33)20(13-4-5-19(18(26)10-13)36-24(29,34)35)21(14-2-3-15(12-27)17(25)11-14)30-23(31)32-8-6-16(28)7-9-32/h2-5,10-11,16,34-35H,6-9,28-29H2,1H3. The van der Waals surface area contributed by atoms with Gasteiger partial charge in [-0.1, -0.05) is 12.1 Å². The SMILES string of the molecule is Cn1c(N2CCC(N)CC2)nc(-c2ccc(C#N)c(F)c2)c(-c2ccc(OC(N)(O)O)c(F)c2)c1=O. The zero-order valence-electron chi connectivity index (χ0n) is 19.3. The average molecular weight is 498 g/mol. The third-order valence-electron chi connectivity index (χ3n) is 5.93. The molecule has 0 bridgehead atoms. The third kappa shape index (κ3) is 5.05. The van der Waals surface area contributed by atoms with Crippen LogP contribution in [0.25, 0.3) is 22.4 Å². The Balaban J connectivity index is 1.92. The highest BCUT2D eigenvalue weighted by Crippen LogP contribution is 2.33. The molecule has 2 heterocycles. The number of piperidine rings is 1. The molecule has 0 saturated carbocycles. The Morgan fingerprint density at radius 2 is 1.78 bits per heavy atom. The Morgan fingerprint density at radius 3 is 2.36 bits per heavy atom. The maximum absolute atomic E-state index is 14.8. The normalized spacial score (nSPS) is 14.6. The van der Waals surface area contributed by atoms with E-state index in [-0.39, 0.29) is 34.0 Å². The minimum atomic E-state index is -3.11. The molecular weight excluding hydrogens is 474 g/mol. The number of halogens is 2. The molecule has 1 aliphatic rings. The lowest BCUT2D eigenvalue weighted by Crippen LogP contribution is -2.45. The van der Waals surface area contributed by atoms with Gasteiger partial charge in [-0.3, -0.25) is 9.36 Å². The number of nitriles is 1. The molecule has 0 atom stereocenters. The largest absolute Gasteiger partial charge is 0.424 e. The highest BCUT2D eigenvalue weighted by molar-refractivity contribution is 5.81. The first-order valence-electron chi connectivity index (χ1n) is 11.0. The number of aromatic nitrogens is 2. The fourth-order valence-electron chi connectivity index (χ4n) is 4.10. The van der Waals surface area contributed by atoms with Gasteiger partial charge in [-0.2, -0.15) is 5.26 Å². The van der Waals surface area contributed by atoms with Crippen molar-refractivity contribution in [2.75, 3.05) is 18.0 Å². The van der Waals surface area contributed by atoms with Crippen LogP contribution in [0, 0.1) is 23.0 Å². The second kappa shape index (κ2) is 9.63. The zero-order valence-corrected chi connectivity index (χ0v) is 19.3. The van der Waals surface area contributed by atoms with E-state index in [0.29, 0.717) is 31.9 Å². The van der Waals surface area contributed by atoms with E-state index in [1.165, 1.54) is 29.8 Å². The van der Waals surface area contributed by atoms with Crippen molar-refractivity contribution in [3.63, 3.8) is 0 Å². The van der Waals surface area contributed by atoms with Gasteiger partial charge in [0.2, 0.25) is 5.95 Å². The summed E-state index contributed by atoms with van der Waals surface area (Å²) in [5.74, 6) is -2.06. The van der Waals surface area contributed by atoms with E-state index in [1.807, 2.05) is 4.90 Å². The minimum Gasteiger partial charge on any atom is -0.424 e. The minimum absolute atomic E-state index is 0.0310. The lowest BCUT2D eigenvalue weighted by Gasteiger charge is -2.32. The molecule has 4 rings (SSSR count). The Hall–Kier alpha value is -3.89. The molecule has 1 aliphatic heterocycles. The van der Waals surface area contributed by atoms with Gasteiger partial charge in [0.1, 0.15) is 11.9 Å². The first-order chi connectivity index (χ1) is 17.0. The van der Waals surface area contributed by atoms with Crippen LogP contribution in [0.3, 0.4) is 0 Å². The monoisotopic (exact) mass is 498 g/mol. The Bertz CT molecular complexity index is 1410. The van der Waals surface area contributed by atoms with Crippen LogP contribution in [0.4, 0.5) is 14.7 Å². The van der Waals surface area contributed by atoms with Crippen LogP contribution >= 0.6 is 0 Å². The molecule has 0 unspecified atom stereocenters. The van der Waals surface area contributed by atoms with E-state index >= 15 is 0 Å². The summed E-state index contributed by atoms with van der Waals surface area (Å²) in [6.07, 6.45) is -1.71. The molecule has 0 aliphatic carbocycles. The summed E-state index contributed by atoms with van der Waals surface area (Å²) in [6, 6.07) is 8.93. The molecule has 0 amide bonds. The van der Waals surface area contributed by atoms with Gasteiger partial charge in [0, 0.05) is 31.7 Å². The number of nitrogens with zero attached hydrogens (tertiary/aromatic N) is 4. The Labute approximate surface area is 204 Å². The summed E-state index contributed by atoms with van der Waals surface area (Å²) in [5.41, 5.74) is 10.6. The van der Waals surface area contributed by atoms with Crippen LogP contribution in [0.2, 0.25) is 0 Å². The number of hydrogen-bond acceptors (Lipinski definition) is 9. The lowest BCUT2D eigenvalue weighted by molar-refractivity contribution is -0.288. The fraction of sp³-hybridized carbons (Fsp3) is 0.292. The summed E-state index contributed by atoms with van der Waals surface area (Å²) in [7, 11) is 1.53. The van der Waals surface area contributed by atoms with E-state index < -0.39 is 29.0 Å². The lowest BCUT2D eigenvalue weighted by atomic mass is 9.99. The van der Waals surface area contributed by atoms with Crippen molar-refractivity contribution >= 4 is 5.95 Å². The zero-order chi connectivity index (χ0) is 26.2. The average Bonchev–Trinajstić information content (AvgIpc) is 2.82. The number of rotatable bonds is 5. The Kier molecular flexibility index (Phi) is 6.75. The van der Waals surface area contributed by atoms with Crippen molar-refractivity contribution in [2.24, 2.45) is 18.5 Å². The topological polar surface area (TPSA) is 164 Å². The number of hydrogen-bond donors (Lipinski definition) is 4. The van der Waals surface area contributed by atoms with Gasteiger partial charge in [-0.05, 0) is 42.7 Å². The molecule has 2 aromatic carbocycles. The molecule has 188 valence electrons. The maximum atomic E-state index is 14.8. The number of benzene rings is 2. The predicted molar refractivity (Wildman–Crippen MR) is 126 cm³/mol. The van der Waals surface area contributed by atoms with Crippen LogP contribution in [0.5, 0.6) is 5.75 Å². The second-order valence-corrected chi connectivity index (χ2v) is 8.54. The van der Waals surface area contributed by atoms with E-state index in [9.17, 15) is 23.8 Å². The van der Waals surface area contributed by atoms with Gasteiger partial charge >= 0.3 is 6.10 Å². The number of anilines is 1. The summed E-state index contributed by atoms with van der Waals surface area (Å²) in [6.45, 7) is 1.12. The van der Waals surface area contributed by atoms with E-state index in [4.69, 9.17) is 16.7 Å². The summed E-state index contributed by atoms with van der Waals surface area (Å²) in [4.78, 5) is 20.2. The van der Waals surface area contributed by atoms with Gasteiger partial charge in [0.25, 0.3) is 5.56 Å². The third-order valence-corrected chi connectivity index (χ3v) is 5.93. The van der Waals surface area contributed by atoms with Gasteiger partial charge in [0.15, 0.2) is 11.6 Å². The van der Waals surface area contributed by atoms with Crippen molar-refractivity contribution in [3.8, 4) is 34.2 Å². The molecule has 3 aromatic rings. The molecule has 1 saturated heterocycles. The van der Waals surface area contributed by atoms with Gasteiger partial charge in [0.05, 0.1) is 16.8 Å². The molecule has 0 spiro atoms. The van der Waals surface area contributed by atoms with Gasteiger partial charge in [-0.15, -0.1) is 0 Å². The quantitative estimate of drug-likeness (QED) is 0.378. The molecule has 1 fully saturated rings. The maximum Gasteiger partial charge on any atom is 0.389 e. The summed E-state index contributed by atoms with van der Waals surface area (Å²) in [5, 5.41) is 27.5. The molecular formula is C24H24F2N6O4. The predicted octanol–water partition coefficient (Wildman–Crippen LogP) is 1.13. The second-order valence-electron chi connectivity index (χ2n) is 8.54. The first kappa shape index (κ1) is 25.2. The molecule has 1 aromatic heterocycles. The fourth-order valence-corrected chi connectivity index (χ4v) is 4.10. The van der Waals surface area contributed by atoms with Crippen molar-refractivity contribution in [2.45, 2.75) is 25.0 Å². The van der Waals surface area contributed by atoms with E-state index in [1.54, 1.807) is 6.07 Å². The van der Waals surface area contributed by atoms with Gasteiger partial charge < -0.3 is 25.6 Å². The number of aliphatic hydroxyl groups is 2. The molecule has 6 N–H and O–H groups in total. The van der Waals surface area contributed by atoms with E-state index in [0.717, 1.165) is 18.2 Å². The number of ether oxygens (including phenoxy) is 1. The van der Waals surface area contributed by atoms with Crippen molar-refractivity contribution in [1.29, 1.82) is 5.26 Å². The van der Waals surface area contributed by atoms with Crippen LogP contribution in [0.1, 0.15) is 18.4 Å². The van der Waals surface area contributed by atoms with Crippen LogP contribution in [-0.2, 0) is 7.05 Å². The summed E-state index contributed by atoms with van der Waals surface area (Å²) < 4.78 is 35.2. The summed E-state index contributed by atoms with van der Waals surface area (Å²) >= 11 is 0. The van der Waals surface area contributed by atoms with Crippen molar-refractivity contribution in [3.05, 3.63) is 63.9 Å². The molecule has 10 nitrogen and oxygen atoms in total. The highest BCUT2D eigenvalue weighted by Gasteiger charge is 2.26. The van der Waals surface area contributed by atoms with Crippen LogP contribution < -0.4 is 26.7 Å². The first-order valence-corrected chi connectivity index (χ1v) is 11.0. The van der Waals surface area contributed by atoms with E-state index in [2.05, 4.69) is 9.72 Å². The highest BCUT2D eigenvalue weighted by atomic mass is 19.1. The number of nitrogens with two attached hydrogens (primary N) is 2. The molecule has 12 heteroatoms. The molecule has 0 radical (unpaired) electrons.